The largest absolute Gasteiger partial charge is 0.503 e. The molecule has 0 unspecified atom stereocenters. The Morgan fingerprint density at radius 3 is 2.72 bits per heavy atom. The molecule has 2 heterocycles. The lowest BCUT2D eigenvalue weighted by Gasteiger charge is -2.11. The van der Waals surface area contributed by atoms with Gasteiger partial charge >= 0.3 is 0 Å². The van der Waals surface area contributed by atoms with E-state index in [-0.39, 0.29) is 11.7 Å². The van der Waals surface area contributed by atoms with Crippen molar-refractivity contribution in [2.75, 3.05) is 5.32 Å². The molecular formula is C19H16N4O2. The third kappa shape index (κ3) is 2.78. The highest BCUT2D eigenvalue weighted by Gasteiger charge is 2.19. The minimum absolute atomic E-state index is 0.0129. The number of anilines is 2. The monoisotopic (exact) mass is 332 g/mol. The van der Waals surface area contributed by atoms with E-state index in [2.05, 4.69) is 20.6 Å². The second-order valence-corrected chi connectivity index (χ2v) is 5.97. The molecule has 1 aliphatic rings. The molecule has 0 radical (unpaired) electrons. The highest BCUT2D eigenvalue weighted by molar-refractivity contribution is 5.98. The van der Waals surface area contributed by atoms with E-state index in [1.54, 1.807) is 12.1 Å². The zero-order valence-electron chi connectivity index (χ0n) is 13.6. The zero-order valence-corrected chi connectivity index (χ0v) is 13.6. The summed E-state index contributed by atoms with van der Waals surface area (Å²) in [6, 6.07) is 13.2. The lowest BCUT2D eigenvalue weighted by Crippen LogP contribution is -2.12. The molecule has 0 saturated carbocycles. The first-order valence-electron chi connectivity index (χ1n) is 7.91. The lowest BCUT2D eigenvalue weighted by molar-refractivity contribution is 0.0966. The van der Waals surface area contributed by atoms with Crippen LogP contribution < -0.4 is 10.6 Å². The number of nitrogens with zero attached hydrogens (tertiary/aromatic N) is 2. The lowest BCUT2D eigenvalue weighted by atomic mass is 10.1. The van der Waals surface area contributed by atoms with E-state index in [0.717, 1.165) is 22.4 Å². The number of hydrogen-bond donors (Lipinski definition) is 3. The Morgan fingerprint density at radius 2 is 1.92 bits per heavy atom. The van der Waals surface area contributed by atoms with Gasteiger partial charge in [-0.3, -0.25) is 4.79 Å². The predicted octanol–water partition coefficient (Wildman–Crippen LogP) is 3.14. The number of nitrogens with one attached hydrogen (secondary N) is 2. The molecule has 1 aliphatic heterocycles. The molecule has 2 aromatic carbocycles. The number of benzene rings is 2. The second kappa shape index (κ2) is 5.90. The van der Waals surface area contributed by atoms with Crippen LogP contribution in [0.4, 0.5) is 11.5 Å². The van der Waals surface area contributed by atoms with Gasteiger partial charge in [-0.2, -0.15) is 0 Å². The van der Waals surface area contributed by atoms with Gasteiger partial charge in [0, 0.05) is 23.4 Å². The SMILES string of the molecule is Cc1ccc(-c2ncnc(Nc3ccc4c(c3)CNC4=O)c2O)cc1. The smallest absolute Gasteiger partial charge is 0.251 e. The Kier molecular flexibility index (Phi) is 3.57. The number of carbonyl (C=O) groups excluding carboxylic acids is 1. The molecule has 4 rings (SSSR count). The van der Waals surface area contributed by atoms with Crippen LogP contribution in [-0.4, -0.2) is 21.0 Å². The van der Waals surface area contributed by atoms with Crippen molar-refractivity contribution in [2.45, 2.75) is 13.5 Å². The minimum Gasteiger partial charge on any atom is -0.503 e. The van der Waals surface area contributed by atoms with Gasteiger partial charge in [0.25, 0.3) is 5.91 Å². The van der Waals surface area contributed by atoms with Crippen LogP contribution in [0.5, 0.6) is 5.75 Å². The average molecular weight is 332 g/mol. The maximum Gasteiger partial charge on any atom is 0.251 e. The van der Waals surface area contributed by atoms with Crippen LogP contribution in [0.1, 0.15) is 21.5 Å². The summed E-state index contributed by atoms with van der Waals surface area (Å²) in [5, 5.41) is 16.4. The quantitative estimate of drug-likeness (QED) is 0.686. The van der Waals surface area contributed by atoms with Crippen molar-refractivity contribution in [3.8, 4) is 17.0 Å². The molecule has 1 amide bonds. The van der Waals surface area contributed by atoms with Gasteiger partial charge in [0.05, 0.1) is 0 Å². The summed E-state index contributed by atoms with van der Waals surface area (Å²) in [5.41, 5.74) is 4.77. The van der Waals surface area contributed by atoms with Crippen molar-refractivity contribution in [2.24, 2.45) is 0 Å². The van der Waals surface area contributed by atoms with Gasteiger partial charge < -0.3 is 15.7 Å². The Bertz CT molecular complexity index is 968. The van der Waals surface area contributed by atoms with Crippen molar-refractivity contribution in [1.82, 2.24) is 15.3 Å². The summed E-state index contributed by atoms with van der Waals surface area (Å²) in [4.78, 5) is 19.9. The van der Waals surface area contributed by atoms with Gasteiger partial charge in [0.2, 0.25) is 0 Å². The predicted molar refractivity (Wildman–Crippen MR) is 94.8 cm³/mol. The molecule has 0 saturated heterocycles. The first-order valence-corrected chi connectivity index (χ1v) is 7.91. The normalized spacial score (nSPS) is 12.6. The van der Waals surface area contributed by atoms with E-state index in [1.165, 1.54) is 6.33 Å². The zero-order chi connectivity index (χ0) is 17.4. The Balaban J connectivity index is 1.67. The fourth-order valence-corrected chi connectivity index (χ4v) is 2.84. The van der Waals surface area contributed by atoms with E-state index in [4.69, 9.17) is 0 Å². The standard InChI is InChI=1S/C19H16N4O2/c1-11-2-4-12(5-3-11)16-17(24)18(22-10-21-16)23-14-6-7-15-13(8-14)9-20-19(15)25/h2-8,10,24H,9H2,1H3,(H,20,25)(H,21,22,23). The third-order valence-corrected chi connectivity index (χ3v) is 4.20. The van der Waals surface area contributed by atoms with Crippen molar-refractivity contribution in [1.29, 1.82) is 0 Å². The highest BCUT2D eigenvalue weighted by Crippen LogP contribution is 2.34. The van der Waals surface area contributed by atoms with Crippen molar-refractivity contribution in [3.05, 3.63) is 65.5 Å². The van der Waals surface area contributed by atoms with Crippen LogP contribution in [0.25, 0.3) is 11.3 Å². The maximum atomic E-state index is 11.6. The second-order valence-electron chi connectivity index (χ2n) is 5.97. The Hall–Kier alpha value is -3.41. The molecule has 1 aromatic heterocycles. The van der Waals surface area contributed by atoms with E-state index < -0.39 is 0 Å². The Labute approximate surface area is 144 Å². The molecule has 6 nitrogen and oxygen atoms in total. The maximum absolute atomic E-state index is 11.6. The molecule has 25 heavy (non-hydrogen) atoms. The fourth-order valence-electron chi connectivity index (χ4n) is 2.84. The number of aromatic hydroxyl groups is 1. The van der Waals surface area contributed by atoms with Crippen LogP contribution in [0.15, 0.2) is 48.8 Å². The number of aromatic nitrogens is 2. The summed E-state index contributed by atoms with van der Waals surface area (Å²) in [6.45, 7) is 2.51. The van der Waals surface area contributed by atoms with Gasteiger partial charge in [-0.1, -0.05) is 29.8 Å². The summed E-state index contributed by atoms with van der Waals surface area (Å²) < 4.78 is 0. The van der Waals surface area contributed by atoms with E-state index in [9.17, 15) is 9.90 Å². The number of amides is 1. The molecule has 124 valence electrons. The van der Waals surface area contributed by atoms with Crippen LogP contribution >= 0.6 is 0 Å². The first kappa shape index (κ1) is 15.1. The average Bonchev–Trinajstić information content (AvgIpc) is 2.98. The fraction of sp³-hybridized carbons (Fsp3) is 0.105. The minimum atomic E-state index is -0.0620. The summed E-state index contributed by atoms with van der Waals surface area (Å²) >= 11 is 0. The summed E-state index contributed by atoms with van der Waals surface area (Å²) in [7, 11) is 0. The van der Waals surface area contributed by atoms with E-state index in [1.807, 2.05) is 37.3 Å². The number of rotatable bonds is 3. The van der Waals surface area contributed by atoms with Crippen LogP contribution in [-0.2, 0) is 6.54 Å². The van der Waals surface area contributed by atoms with Gasteiger partial charge in [-0.05, 0) is 30.7 Å². The van der Waals surface area contributed by atoms with Crippen LogP contribution in [0, 0.1) is 6.92 Å². The van der Waals surface area contributed by atoms with Crippen molar-refractivity contribution < 1.29 is 9.90 Å². The number of aryl methyl sites for hydroxylation is 1. The van der Waals surface area contributed by atoms with Gasteiger partial charge in [0.1, 0.15) is 12.0 Å². The summed E-state index contributed by atoms with van der Waals surface area (Å²) in [5.74, 6) is 0.247. The molecule has 0 bridgehead atoms. The molecule has 3 aromatic rings. The molecule has 6 heteroatoms. The van der Waals surface area contributed by atoms with Gasteiger partial charge in [-0.15, -0.1) is 0 Å². The topological polar surface area (TPSA) is 87.1 Å². The Morgan fingerprint density at radius 1 is 1.12 bits per heavy atom. The molecule has 3 N–H and O–H groups in total. The molecule has 0 aliphatic carbocycles. The van der Waals surface area contributed by atoms with Crippen molar-refractivity contribution in [3.63, 3.8) is 0 Å². The van der Waals surface area contributed by atoms with Crippen LogP contribution in [0.2, 0.25) is 0 Å². The number of fused-ring (bicyclic) bond motifs is 1. The highest BCUT2D eigenvalue weighted by atomic mass is 16.3. The van der Waals surface area contributed by atoms with Crippen LogP contribution in [0.3, 0.4) is 0 Å². The molecule has 0 fully saturated rings. The first-order chi connectivity index (χ1) is 12.1. The van der Waals surface area contributed by atoms with Gasteiger partial charge in [0.15, 0.2) is 11.6 Å². The number of hydrogen-bond acceptors (Lipinski definition) is 5. The van der Waals surface area contributed by atoms with Gasteiger partial charge in [-0.25, -0.2) is 9.97 Å². The number of carbonyl (C=O) groups is 1. The van der Waals surface area contributed by atoms with E-state index >= 15 is 0 Å². The third-order valence-electron chi connectivity index (χ3n) is 4.20. The van der Waals surface area contributed by atoms with E-state index in [0.29, 0.717) is 23.6 Å². The molecule has 0 atom stereocenters. The summed E-state index contributed by atoms with van der Waals surface area (Å²) in [6.07, 6.45) is 1.41. The molecule has 0 spiro atoms. The van der Waals surface area contributed by atoms with Crippen molar-refractivity contribution >= 4 is 17.4 Å². The molecular weight excluding hydrogens is 316 g/mol.